The zero-order chi connectivity index (χ0) is 38.0. The Labute approximate surface area is 331 Å². The number of benzene rings is 2. The molecule has 11 nitrogen and oxygen atoms in total. The summed E-state index contributed by atoms with van der Waals surface area (Å²) in [5.41, 5.74) is 3.34. The Morgan fingerprint density at radius 3 is 2.71 bits per heavy atom. The fourth-order valence-electron chi connectivity index (χ4n) is 9.83. The number of carbonyl (C=O) groups excluding carboxylic acids is 1. The van der Waals surface area contributed by atoms with E-state index >= 15 is 0 Å². The highest BCUT2D eigenvalue weighted by molar-refractivity contribution is 7.90. The highest BCUT2D eigenvalue weighted by Gasteiger charge is 2.45. The molecule has 13 heteroatoms. The lowest BCUT2D eigenvalue weighted by Gasteiger charge is -2.46. The Morgan fingerprint density at radius 1 is 1.05 bits per heavy atom. The predicted octanol–water partition coefficient (Wildman–Crippen LogP) is 5.53. The largest absolute Gasteiger partial charge is 0.490 e. The van der Waals surface area contributed by atoms with Crippen LogP contribution in [0.4, 0.5) is 5.69 Å². The first-order valence-electron chi connectivity index (χ1n) is 20.3. The van der Waals surface area contributed by atoms with Crippen LogP contribution >= 0.6 is 11.6 Å². The molecule has 0 unspecified atom stereocenters. The number of nitrogens with zero attached hydrogens (tertiary/aromatic N) is 2. The van der Waals surface area contributed by atoms with Crippen molar-refractivity contribution in [3.8, 4) is 5.75 Å². The minimum Gasteiger partial charge on any atom is -0.490 e. The van der Waals surface area contributed by atoms with E-state index in [0.29, 0.717) is 44.5 Å². The predicted molar refractivity (Wildman–Crippen MR) is 212 cm³/mol. The van der Waals surface area contributed by atoms with Crippen LogP contribution in [0.3, 0.4) is 0 Å². The summed E-state index contributed by atoms with van der Waals surface area (Å²) in [6, 6.07) is 11.6. The summed E-state index contributed by atoms with van der Waals surface area (Å²) in [5, 5.41) is -0.260. The van der Waals surface area contributed by atoms with Crippen LogP contribution in [0.25, 0.3) is 0 Å². The number of amides is 1. The average molecular weight is 798 g/mol. The lowest BCUT2D eigenvalue weighted by atomic mass is 9.68. The van der Waals surface area contributed by atoms with Gasteiger partial charge in [0.05, 0.1) is 50.4 Å². The lowest BCUT2D eigenvalue weighted by molar-refractivity contribution is -0.0316. The minimum atomic E-state index is -4.19. The van der Waals surface area contributed by atoms with Crippen molar-refractivity contribution in [3.05, 3.63) is 70.3 Å². The molecule has 2 aromatic rings. The van der Waals surface area contributed by atoms with Gasteiger partial charge in [0, 0.05) is 62.4 Å². The van der Waals surface area contributed by atoms with Crippen molar-refractivity contribution in [2.75, 3.05) is 77.8 Å². The number of halogens is 1. The molecule has 6 aliphatic rings. The molecule has 1 amide bonds. The van der Waals surface area contributed by atoms with Gasteiger partial charge in [0.15, 0.2) is 0 Å². The van der Waals surface area contributed by atoms with Crippen molar-refractivity contribution in [2.45, 2.75) is 86.8 Å². The first-order chi connectivity index (χ1) is 26.7. The fraction of sp³-hybridized carbons (Fsp3) is 0.643. The van der Waals surface area contributed by atoms with E-state index in [1.807, 2.05) is 24.3 Å². The number of fused-ring (bicyclic) bond motifs is 4. The maximum absolute atomic E-state index is 14.2. The molecular formula is C42H56ClN3O8S. The maximum Gasteiger partial charge on any atom is 0.264 e. The molecule has 0 aromatic heterocycles. The van der Waals surface area contributed by atoms with Gasteiger partial charge in [-0.1, -0.05) is 29.8 Å². The zero-order valence-electron chi connectivity index (χ0n) is 32.0. The molecule has 1 spiro atoms. The molecule has 55 heavy (non-hydrogen) atoms. The van der Waals surface area contributed by atoms with E-state index in [9.17, 15) is 13.2 Å². The Balaban J connectivity index is 1.15. The van der Waals surface area contributed by atoms with E-state index in [2.05, 4.69) is 32.7 Å². The second-order valence-electron chi connectivity index (χ2n) is 16.4. The first kappa shape index (κ1) is 39.1. The number of nitrogens with one attached hydrogen (secondary N) is 1. The maximum atomic E-state index is 14.2. The molecule has 3 fully saturated rings. The third-order valence-corrected chi connectivity index (χ3v) is 15.0. The number of methoxy groups -OCH3 is 1. The number of hydrogen-bond donors (Lipinski definition) is 1. The Morgan fingerprint density at radius 2 is 1.93 bits per heavy atom. The van der Waals surface area contributed by atoms with E-state index in [0.717, 1.165) is 95.0 Å². The van der Waals surface area contributed by atoms with Crippen molar-refractivity contribution in [2.24, 2.45) is 11.8 Å². The van der Waals surface area contributed by atoms with Gasteiger partial charge in [-0.3, -0.25) is 9.69 Å². The minimum absolute atomic E-state index is 0.140. The lowest BCUT2D eigenvalue weighted by Crippen LogP contribution is -2.50. The van der Waals surface area contributed by atoms with E-state index in [4.69, 9.17) is 35.3 Å². The van der Waals surface area contributed by atoms with Crippen LogP contribution in [0.15, 0.2) is 48.6 Å². The second-order valence-corrected chi connectivity index (χ2v) is 18.7. The van der Waals surface area contributed by atoms with Gasteiger partial charge < -0.3 is 28.6 Å². The molecule has 8 rings (SSSR count). The van der Waals surface area contributed by atoms with Crippen LogP contribution in [0, 0.1) is 11.8 Å². The number of hydrogen-bond acceptors (Lipinski definition) is 10. The third-order valence-electron chi connectivity index (χ3n) is 13.0. The number of morpholine rings is 1. The van der Waals surface area contributed by atoms with Gasteiger partial charge in [0.1, 0.15) is 11.0 Å². The fourth-order valence-corrected chi connectivity index (χ4v) is 11.6. The van der Waals surface area contributed by atoms with E-state index in [1.54, 1.807) is 13.2 Å². The van der Waals surface area contributed by atoms with Crippen LogP contribution in [-0.4, -0.2) is 116 Å². The summed E-state index contributed by atoms with van der Waals surface area (Å²) < 4.78 is 61.8. The number of aryl methyl sites for hydroxylation is 1. The molecule has 4 heterocycles. The van der Waals surface area contributed by atoms with Crippen LogP contribution in [0.1, 0.15) is 72.9 Å². The van der Waals surface area contributed by atoms with Crippen LogP contribution < -0.4 is 14.4 Å². The molecule has 2 saturated heterocycles. The number of rotatable bonds is 7. The van der Waals surface area contributed by atoms with Crippen molar-refractivity contribution < 1.29 is 36.9 Å². The Bertz CT molecular complexity index is 1820. The second kappa shape index (κ2) is 17.0. The molecule has 2 aliphatic carbocycles. The van der Waals surface area contributed by atoms with Crippen molar-refractivity contribution >= 4 is 33.2 Å². The number of anilines is 1. The summed E-state index contributed by atoms with van der Waals surface area (Å²) in [6.07, 6.45) is 10.4. The molecule has 300 valence electrons. The van der Waals surface area contributed by atoms with Crippen LogP contribution in [-0.2, 0) is 40.8 Å². The zero-order valence-corrected chi connectivity index (χ0v) is 33.5. The highest BCUT2D eigenvalue weighted by atomic mass is 35.5. The molecule has 2 bridgehead atoms. The van der Waals surface area contributed by atoms with E-state index < -0.39 is 27.3 Å². The molecular weight excluding hydrogens is 742 g/mol. The number of sulfonamides is 1. The summed E-state index contributed by atoms with van der Waals surface area (Å²) >= 11 is 6.50. The Kier molecular flexibility index (Phi) is 12.1. The molecule has 7 atom stereocenters. The smallest absolute Gasteiger partial charge is 0.264 e. The topological polar surface area (TPSA) is 116 Å². The monoisotopic (exact) mass is 797 g/mol. The average Bonchev–Trinajstić information content (AvgIpc) is 3.64. The first-order valence-corrected chi connectivity index (χ1v) is 22.2. The normalized spacial score (nSPS) is 33.1. The number of ether oxygens (including phenoxy) is 5. The van der Waals surface area contributed by atoms with Gasteiger partial charge in [-0.25, -0.2) is 13.1 Å². The van der Waals surface area contributed by atoms with Crippen molar-refractivity contribution in [1.82, 2.24) is 9.62 Å². The molecule has 4 aliphatic heterocycles. The highest BCUT2D eigenvalue weighted by Crippen LogP contribution is 2.47. The van der Waals surface area contributed by atoms with Gasteiger partial charge >= 0.3 is 0 Å². The molecule has 1 saturated carbocycles. The summed E-state index contributed by atoms with van der Waals surface area (Å²) in [6.45, 7) is 7.28. The SMILES string of the molecule is CO[C@H]1C/C=C/[C@H](OCCN2CCOCC2)[C@@H]2CC[C@H]2CN2C[C@@]3(CCCc4cc(Cl)ccc43)COc3ccc(cc32)C(=O)NS(=O)(=O)[C@@H]1C[C@H]1CCCO1. The van der Waals surface area contributed by atoms with Crippen molar-refractivity contribution in [1.29, 1.82) is 0 Å². The van der Waals surface area contributed by atoms with Crippen LogP contribution in [0.5, 0.6) is 5.75 Å². The Hall–Kier alpha value is -2.71. The van der Waals surface area contributed by atoms with Gasteiger partial charge in [-0.05, 0) is 111 Å². The standard InChI is InChI=1S/C42H56ClN3O8S/c1-50-39-8-2-7-37(53-22-18-45-16-20-51-21-17-45)34-12-9-31(34)26-46-27-42(15-3-5-29-23-32(43)11-13-35(29)42)28-54-38-14-10-30(24-36(38)46)41(47)44-55(48,49)40(39)25-33-6-4-19-52-33/h2,7,10-11,13-14,23-24,31,33-34,37,39-40H,3-6,8-9,12,15-22,25-28H2,1H3,(H,44,47)/b7-2+/t31-,33+,34+,37-,39-,40+,42-/m0/s1. The quantitative estimate of drug-likeness (QED) is 0.359. The van der Waals surface area contributed by atoms with Gasteiger partial charge in [-0.2, -0.15) is 0 Å². The van der Waals surface area contributed by atoms with Gasteiger partial charge in [-0.15, -0.1) is 0 Å². The van der Waals surface area contributed by atoms with E-state index in [-0.39, 0.29) is 35.5 Å². The van der Waals surface area contributed by atoms with Crippen molar-refractivity contribution in [3.63, 3.8) is 0 Å². The molecule has 0 radical (unpaired) electrons. The molecule has 2 aromatic carbocycles. The third kappa shape index (κ3) is 8.61. The number of carbonyl (C=O) groups is 1. The van der Waals surface area contributed by atoms with E-state index in [1.165, 1.54) is 11.1 Å². The molecule has 1 N–H and O–H groups in total. The van der Waals surface area contributed by atoms with Crippen LogP contribution in [0.2, 0.25) is 5.02 Å². The summed E-state index contributed by atoms with van der Waals surface area (Å²) in [7, 11) is -2.64. The van der Waals surface area contributed by atoms with Gasteiger partial charge in [0.2, 0.25) is 10.0 Å². The summed E-state index contributed by atoms with van der Waals surface area (Å²) in [4.78, 5) is 18.8. The van der Waals surface area contributed by atoms with Gasteiger partial charge in [0.25, 0.3) is 5.91 Å². The summed E-state index contributed by atoms with van der Waals surface area (Å²) in [5.74, 6) is 0.645.